The van der Waals surface area contributed by atoms with Crippen LogP contribution in [0, 0.1) is 0 Å². The van der Waals surface area contributed by atoms with Crippen LogP contribution >= 0.6 is 0 Å². The molecule has 0 aliphatic carbocycles. The summed E-state index contributed by atoms with van der Waals surface area (Å²) in [4.78, 5) is -0.825. The molecule has 136 valence electrons. The Labute approximate surface area is 142 Å². The molecule has 1 aliphatic heterocycles. The van der Waals surface area contributed by atoms with E-state index >= 15 is 0 Å². The fourth-order valence-electron chi connectivity index (χ4n) is 2.66. The number of nitrogens with zero attached hydrogens (tertiary/aromatic N) is 2. The predicted octanol–water partition coefficient (Wildman–Crippen LogP) is 2.88. The van der Waals surface area contributed by atoms with Crippen LogP contribution in [0.15, 0.2) is 41.6 Å². The number of sulfonamides is 1. The summed E-state index contributed by atoms with van der Waals surface area (Å²) in [6.07, 6.45) is -0.234. The third-order valence-electron chi connectivity index (χ3n) is 3.78. The van der Waals surface area contributed by atoms with Gasteiger partial charge in [-0.25, -0.2) is 8.42 Å². The minimum Gasteiger partial charge on any atom is -0.376 e. The number of nitrogens with one attached hydrogen (secondary N) is 1. The van der Waals surface area contributed by atoms with Gasteiger partial charge in [0.25, 0.3) is 10.0 Å². The molecule has 0 bridgehead atoms. The monoisotopic (exact) mass is 375 g/mol. The number of hydrogen-bond donors (Lipinski definition) is 1. The van der Waals surface area contributed by atoms with Crippen LogP contribution in [-0.4, -0.2) is 30.9 Å². The zero-order chi connectivity index (χ0) is 18.1. The lowest BCUT2D eigenvalue weighted by atomic mass is 10.2. The first-order valence-electron chi connectivity index (χ1n) is 7.59. The standard InChI is InChI=1S/C15H16F3N3O3S/c16-15(17,18)13-5-1-2-6-14(13)25(22,23)20-11-8-19-21(9-11)10-12-4-3-7-24-12/h1-2,5-6,8-9,12,20H,3-4,7,10H2. The topological polar surface area (TPSA) is 73.2 Å². The SMILES string of the molecule is O=S(=O)(Nc1cnn(CC2CCCO2)c1)c1ccccc1C(F)(F)F. The molecular weight excluding hydrogens is 359 g/mol. The lowest BCUT2D eigenvalue weighted by Crippen LogP contribution is -2.18. The summed E-state index contributed by atoms with van der Waals surface area (Å²) in [5, 5.41) is 4.02. The van der Waals surface area contributed by atoms with Gasteiger partial charge in [-0.05, 0) is 25.0 Å². The predicted molar refractivity (Wildman–Crippen MR) is 83.5 cm³/mol. The molecular formula is C15H16F3N3O3S. The Bertz CT molecular complexity index is 843. The molecule has 0 saturated carbocycles. The largest absolute Gasteiger partial charge is 0.417 e. The molecule has 10 heteroatoms. The first-order chi connectivity index (χ1) is 11.8. The molecule has 1 N–H and O–H groups in total. The third-order valence-corrected chi connectivity index (χ3v) is 5.22. The van der Waals surface area contributed by atoms with Gasteiger partial charge in [-0.15, -0.1) is 0 Å². The van der Waals surface area contributed by atoms with Crippen molar-refractivity contribution in [3.05, 3.63) is 42.2 Å². The van der Waals surface area contributed by atoms with Crippen LogP contribution in [0.25, 0.3) is 0 Å². The fraction of sp³-hybridized carbons (Fsp3) is 0.400. The first kappa shape index (κ1) is 17.7. The lowest BCUT2D eigenvalue weighted by molar-refractivity contribution is -0.139. The minimum absolute atomic E-state index is 0.00955. The summed E-state index contributed by atoms with van der Waals surface area (Å²) in [5.41, 5.74) is -1.12. The van der Waals surface area contributed by atoms with Crippen molar-refractivity contribution in [1.82, 2.24) is 9.78 Å². The maximum absolute atomic E-state index is 13.0. The van der Waals surface area contributed by atoms with Gasteiger partial charge in [-0.1, -0.05) is 12.1 Å². The van der Waals surface area contributed by atoms with Crippen molar-refractivity contribution < 1.29 is 26.3 Å². The van der Waals surface area contributed by atoms with Gasteiger partial charge in [0.05, 0.1) is 35.0 Å². The van der Waals surface area contributed by atoms with Crippen LogP contribution in [0.1, 0.15) is 18.4 Å². The second-order valence-electron chi connectivity index (χ2n) is 5.69. The molecule has 0 amide bonds. The average molecular weight is 375 g/mol. The molecule has 1 aliphatic rings. The van der Waals surface area contributed by atoms with Crippen molar-refractivity contribution in [3.63, 3.8) is 0 Å². The molecule has 0 radical (unpaired) electrons. The smallest absolute Gasteiger partial charge is 0.376 e. The van der Waals surface area contributed by atoms with Gasteiger partial charge in [0.2, 0.25) is 0 Å². The maximum Gasteiger partial charge on any atom is 0.417 e. The van der Waals surface area contributed by atoms with E-state index < -0.39 is 26.7 Å². The van der Waals surface area contributed by atoms with Crippen molar-refractivity contribution in [2.24, 2.45) is 0 Å². The Morgan fingerprint density at radius 1 is 1.32 bits per heavy atom. The van der Waals surface area contributed by atoms with Gasteiger partial charge in [0.15, 0.2) is 0 Å². The molecule has 0 spiro atoms. The van der Waals surface area contributed by atoms with Crippen molar-refractivity contribution >= 4 is 15.7 Å². The zero-order valence-electron chi connectivity index (χ0n) is 13.0. The van der Waals surface area contributed by atoms with Crippen LogP contribution in [0.3, 0.4) is 0 Å². The average Bonchev–Trinajstić information content (AvgIpc) is 3.19. The molecule has 6 nitrogen and oxygen atoms in total. The molecule has 3 rings (SSSR count). The Balaban J connectivity index is 1.79. The number of anilines is 1. The second kappa shape index (κ2) is 6.68. The van der Waals surface area contributed by atoms with Gasteiger partial charge >= 0.3 is 6.18 Å². The van der Waals surface area contributed by atoms with E-state index in [0.717, 1.165) is 31.0 Å². The number of alkyl halides is 3. The molecule has 1 saturated heterocycles. The highest BCUT2D eigenvalue weighted by molar-refractivity contribution is 7.92. The summed E-state index contributed by atoms with van der Waals surface area (Å²) in [5.74, 6) is 0. The third kappa shape index (κ3) is 4.13. The molecule has 2 heterocycles. The van der Waals surface area contributed by atoms with Crippen LogP contribution in [0.4, 0.5) is 18.9 Å². The number of aromatic nitrogens is 2. The summed E-state index contributed by atoms with van der Waals surface area (Å²) in [6, 6.07) is 4.03. The van der Waals surface area contributed by atoms with E-state index in [4.69, 9.17) is 4.74 Å². The van der Waals surface area contributed by atoms with Crippen molar-refractivity contribution in [2.45, 2.75) is 36.6 Å². The molecule has 25 heavy (non-hydrogen) atoms. The van der Waals surface area contributed by atoms with Crippen LogP contribution < -0.4 is 4.72 Å². The van der Waals surface area contributed by atoms with Gasteiger partial charge in [0, 0.05) is 12.8 Å². The number of benzene rings is 1. The number of halogens is 3. The van der Waals surface area contributed by atoms with Gasteiger partial charge in [0.1, 0.15) is 0 Å². The van der Waals surface area contributed by atoms with E-state index in [1.165, 1.54) is 23.1 Å². The summed E-state index contributed by atoms with van der Waals surface area (Å²) < 4.78 is 72.9. The quantitative estimate of drug-likeness (QED) is 0.872. The molecule has 1 aromatic carbocycles. The second-order valence-corrected chi connectivity index (χ2v) is 7.34. The normalized spacial score (nSPS) is 18.4. The van der Waals surface area contributed by atoms with Crippen molar-refractivity contribution in [1.29, 1.82) is 0 Å². The Hall–Kier alpha value is -2.07. The Morgan fingerprint density at radius 3 is 2.76 bits per heavy atom. The number of rotatable bonds is 5. The summed E-state index contributed by atoms with van der Waals surface area (Å²) in [6.45, 7) is 1.14. The highest BCUT2D eigenvalue weighted by Gasteiger charge is 2.37. The Kier molecular flexibility index (Phi) is 4.74. The van der Waals surface area contributed by atoms with Crippen molar-refractivity contribution in [3.8, 4) is 0 Å². The maximum atomic E-state index is 13.0. The van der Waals surface area contributed by atoms with Gasteiger partial charge in [-0.3, -0.25) is 9.40 Å². The van der Waals surface area contributed by atoms with E-state index in [1.54, 1.807) is 0 Å². The summed E-state index contributed by atoms with van der Waals surface area (Å²) >= 11 is 0. The van der Waals surface area contributed by atoms with Crippen LogP contribution in [-0.2, 0) is 27.5 Å². The van der Waals surface area contributed by atoms with Crippen molar-refractivity contribution in [2.75, 3.05) is 11.3 Å². The number of hydrogen-bond acceptors (Lipinski definition) is 4. The lowest BCUT2D eigenvalue weighted by Gasteiger charge is -2.13. The molecule has 1 aromatic heterocycles. The van der Waals surface area contributed by atoms with Gasteiger partial charge < -0.3 is 4.74 Å². The van der Waals surface area contributed by atoms with E-state index in [9.17, 15) is 21.6 Å². The van der Waals surface area contributed by atoms with Crippen LogP contribution in [0.2, 0.25) is 0 Å². The Morgan fingerprint density at radius 2 is 2.08 bits per heavy atom. The van der Waals surface area contributed by atoms with E-state index in [-0.39, 0.29) is 11.8 Å². The molecule has 1 unspecified atom stereocenters. The molecule has 2 aromatic rings. The highest BCUT2D eigenvalue weighted by Crippen LogP contribution is 2.34. The van der Waals surface area contributed by atoms with E-state index in [2.05, 4.69) is 9.82 Å². The molecule has 1 fully saturated rings. The minimum atomic E-state index is -4.77. The van der Waals surface area contributed by atoms with E-state index in [1.807, 2.05) is 0 Å². The number of ether oxygens (including phenoxy) is 1. The zero-order valence-corrected chi connectivity index (χ0v) is 13.8. The summed E-state index contributed by atoms with van der Waals surface area (Å²) in [7, 11) is -4.40. The van der Waals surface area contributed by atoms with Gasteiger partial charge in [-0.2, -0.15) is 18.3 Å². The first-order valence-corrected chi connectivity index (χ1v) is 9.07. The fourth-order valence-corrected chi connectivity index (χ4v) is 3.92. The van der Waals surface area contributed by atoms with Crippen LogP contribution in [0.5, 0.6) is 0 Å². The molecule has 1 atom stereocenters. The van der Waals surface area contributed by atoms with E-state index in [0.29, 0.717) is 13.2 Å². The highest BCUT2D eigenvalue weighted by atomic mass is 32.2.